The van der Waals surface area contributed by atoms with Crippen LogP contribution in [-0.4, -0.2) is 36.0 Å². The van der Waals surface area contributed by atoms with E-state index >= 15 is 0 Å². The largest absolute Gasteiger partial charge is 0.343 e. The summed E-state index contributed by atoms with van der Waals surface area (Å²) in [6, 6.07) is 15.2. The van der Waals surface area contributed by atoms with Gasteiger partial charge in [0.1, 0.15) is 6.33 Å². The molecular weight excluding hydrogens is 366 g/mol. The van der Waals surface area contributed by atoms with Crippen LogP contribution in [0.2, 0.25) is 0 Å². The fourth-order valence-corrected chi connectivity index (χ4v) is 3.34. The monoisotopic (exact) mass is 383 g/mol. The standard InChI is InChI=1S/C21H17N7O/c1-12(13-5-3-2-4-6-13)24-21(29)20-25-17-9-14-16(10-18(17)26-20)27-28-19(14)15-7-8-22-11-23-15/h2-12,27-28H,1H3,(H,24,29)/t12-/m1/s1. The number of rotatable bonds is 4. The molecule has 0 saturated carbocycles. The van der Waals surface area contributed by atoms with Gasteiger partial charge in [0.15, 0.2) is 0 Å². The number of hydrogen-bond donors (Lipinski definition) is 3. The van der Waals surface area contributed by atoms with E-state index in [1.54, 1.807) is 6.20 Å². The quantitative estimate of drug-likeness (QED) is 0.440. The number of fused-ring (bicyclic) bond motifs is 2. The number of nitrogens with one attached hydrogen (secondary N) is 3. The molecule has 0 aliphatic carbocycles. The van der Waals surface area contributed by atoms with E-state index in [1.165, 1.54) is 6.33 Å². The Labute approximate surface area is 165 Å². The molecule has 5 rings (SSSR count). The van der Waals surface area contributed by atoms with Gasteiger partial charge in [0, 0.05) is 11.6 Å². The van der Waals surface area contributed by atoms with E-state index < -0.39 is 0 Å². The SMILES string of the molecule is C[C@@H](NC(=O)c1nc2cc3[nH][nH]c(-c4ccncn4)c3cc2n1)c1ccccc1. The summed E-state index contributed by atoms with van der Waals surface area (Å²) in [5.41, 5.74) is 4.78. The molecule has 0 fully saturated rings. The van der Waals surface area contributed by atoms with Gasteiger partial charge in [0.2, 0.25) is 5.82 Å². The summed E-state index contributed by atoms with van der Waals surface area (Å²) < 4.78 is 0. The maximum atomic E-state index is 12.7. The first-order valence-corrected chi connectivity index (χ1v) is 9.19. The van der Waals surface area contributed by atoms with Crippen LogP contribution in [0.15, 0.2) is 61.1 Å². The maximum absolute atomic E-state index is 12.7. The zero-order valence-electron chi connectivity index (χ0n) is 15.5. The van der Waals surface area contributed by atoms with E-state index in [4.69, 9.17) is 0 Å². The molecule has 8 heteroatoms. The second-order valence-corrected chi connectivity index (χ2v) is 6.76. The molecule has 142 valence electrons. The summed E-state index contributed by atoms with van der Waals surface area (Å²) in [5.74, 6) is -0.146. The van der Waals surface area contributed by atoms with Crippen molar-refractivity contribution in [2.45, 2.75) is 13.0 Å². The van der Waals surface area contributed by atoms with Crippen LogP contribution in [0.4, 0.5) is 0 Å². The van der Waals surface area contributed by atoms with Crippen LogP contribution in [-0.2, 0) is 0 Å². The van der Waals surface area contributed by atoms with Crippen molar-refractivity contribution in [1.29, 1.82) is 0 Å². The summed E-state index contributed by atoms with van der Waals surface area (Å²) in [6.07, 6.45) is 3.19. The van der Waals surface area contributed by atoms with E-state index in [0.29, 0.717) is 11.0 Å². The van der Waals surface area contributed by atoms with Crippen molar-refractivity contribution in [2.24, 2.45) is 0 Å². The molecule has 2 aromatic carbocycles. The highest BCUT2D eigenvalue weighted by atomic mass is 16.2. The minimum Gasteiger partial charge on any atom is -0.343 e. The van der Waals surface area contributed by atoms with Gasteiger partial charge in [-0.05, 0) is 30.7 Å². The lowest BCUT2D eigenvalue weighted by atomic mass is 10.1. The fourth-order valence-electron chi connectivity index (χ4n) is 3.34. The Morgan fingerprint density at radius 3 is 2.59 bits per heavy atom. The number of aromatic nitrogens is 6. The van der Waals surface area contributed by atoms with Gasteiger partial charge in [0.25, 0.3) is 5.91 Å². The number of amides is 1. The highest BCUT2D eigenvalue weighted by Crippen LogP contribution is 2.28. The van der Waals surface area contributed by atoms with E-state index in [-0.39, 0.29) is 17.8 Å². The Morgan fingerprint density at radius 2 is 1.83 bits per heavy atom. The van der Waals surface area contributed by atoms with Crippen molar-refractivity contribution >= 4 is 27.8 Å². The summed E-state index contributed by atoms with van der Waals surface area (Å²) in [6.45, 7) is 1.93. The Morgan fingerprint density at radius 1 is 1.03 bits per heavy atom. The zero-order valence-corrected chi connectivity index (χ0v) is 15.5. The number of H-pyrrole nitrogens is 2. The summed E-state index contributed by atoms with van der Waals surface area (Å²) in [7, 11) is 0. The lowest BCUT2D eigenvalue weighted by molar-refractivity contribution is 0.0930. The van der Waals surface area contributed by atoms with Crippen LogP contribution in [0.5, 0.6) is 0 Å². The van der Waals surface area contributed by atoms with E-state index in [0.717, 1.165) is 27.9 Å². The van der Waals surface area contributed by atoms with Gasteiger partial charge in [-0.3, -0.25) is 9.89 Å². The first-order valence-electron chi connectivity index (χ1n) is 9.19. The molecule has 0 bridgehead atoms. The number of imidazole rings is 1. The molecule has 3 heterocycles. The van der Waals surface area contributed by atoms with Gasteiger partial charge in [-0.25, -0.2) is 19.9 Å². The number of carbonyl (C=O) groups excluding carboxylic acids is 1. The molecule has 1 amide bonds. The van der Waals surface area contributed by atoms with Gasteiger partial charge < -0.3 is 10.4 Å². The summed E-state index contributed by atoms with van der Waals surface area (Å²) in [5, 5.41) is 10.1. The summed E-state index contributed by atoms with van der Waals surface area (Å²) in [4.78, 5) is 29.7. The van der Waals surface area contributed by atoms with Crippen molar-refractivity contribution in [3.05, 3.63) is 72.4 Å². The molecule has 0 saturated heterocycles. The van der Waals surface area contributed by atoms with Crippen LogP contribution in [0, 0.1) is 0 Å². The number of benzene rings is 2. The lowest BCUT2D eigenvalue weighted by Crippen LogP contribution is -2.27. The topological polar surface area (TPSA) is 112 Å². The van der Waals surface area contributed by atoms with Gasteiger partial charge >= 0.3 is 0 Å². The zero-order chi connectivity index (χ0) is 19.8. The highest BCUT2D eigenvalue weighted by Gasteiger charge is 2.18. The molecule has 8 nitrogen and oxygen atoms in total. The van der Waals surface area contributed by atoms with E-state index in [9.17, 15) is 4.79 Å². The second-order valence-electron chi connectivity index (χ2n) is 6.76. The van der Waals surface area contributed by atoms with Gasteiger partial charge in [-0.15, -0.1) is 0 Å². The molecule has 0 radical (unpaired) electrons. The number of carbonyl (C=O) groups is 1. The van der Waals surface area contributed by atoms with Crippen LogP contribution in [0.25, 0.3) is 33.3 Å². The Hall–Kier alpha value is -4.07. The third-order valence-electron chi connectivity index (χ3n) is 4.85. The minimum absolute atomic E-state index is 0.140. The highest BCUT2D eigenvalue weighted by molar-refractivity contribution is 6.02. The first kappa shape index (κ1) is 17.1. The van der Waals surface area contributed by atoms with Crippen molar-refractivity contribution < 1.29 is 4.79 Å². The molecule has 0 aliphatic rings. The van der Waals surface area contributed by atoms with Crippen LogP contribution >= 0.6 is 0 Å². The lowest BCUT2D eigenvalue weighted by Gasteiger charge is -2.12. The second kappa shape index (κ2) is 6.83. The maximum Gasteiger partial charge on any atom is 0.289 e. The average Bonchev–Trinajstić information content (AvgIpc) is 3.36. The van der Waals surface area contributed by atoms with Crippen LogP contribution in [0.1, 0.15) is 29.1 Å². The van der Waals surface area contributed by atoms with Gasteiger partial charge in [0.05, 0.1) is 34.0 Å². The van der Waals surface area contributed by atoms with Gasteiger partial charge in [-0.1, -0.05) is 30.3 Å². The Bertz CT molecular complexity index is 1310. The van der Waals surface area contributed by atoms with Crippen molar-refractivity contribution in [3.8, 4) is 11.4 Å². The number of hydrogen-bond acceptors (Lipinski definition) is 5. The molecular formula is C21H17N7O. The average molecular weight is 383 g/mol. The third-order valence-corrected chi connectivity index (χ3v) is 4.85. The van der Waals surface area contributed by atoms with Crippen LogP contribution in [0.3, 0.4) is 0 Å². The van der Waals surface area contributed by atoms with Crippen molar-refractivity contribution in [1.82, 2.24) is 35.5 Å². The van der Waals surface area contributed by atoms with Gasteiger partial charge in [-0.2, -0.15) is 0 Å². The van der Waals surface area contributed by atoms with Crippen molar-refractivity contribution in [2.75, 3.05) is 0 Å². The van der Waals surface area contributed by atoms with E-state index in [1.807, 2.05) is 55.5 Å². The predicted molar refractivity (Wildman–Crippen MR) is 109 cm³/mol. The molecule has 0 spiro atoms. The predicted octanol–water partition coefficient (Wildman–Crippen LogP) is 3.39. The van der Waals surface area contributed by atoms with Crippen LogP contribution < -0.4 is 5.32 Å². The first-order chi connectivity index (χ1) is 14.2. The Balaban J connectivity index is 1.48. The van der Waals surface area contributed by atoms with Crippen molar-refractivity contribution in [3.63, 3.8) is 0 Å². The Kier molecular flexibility index (Phi) is 4.02. The smallest absolute Gasteiger partial charge is 0.289 e. The molecule has 1 atom stereocenters. The summed E-state index contributed by atoms with van der Waals surface area (Å²) >= 11 is 0. The third kappa shape index (κ3) is 3.10. The molecule has 3 aromatic heterocycles. The normalized spacial score (nSPS) is 12.3. The number of aromatic amines is 2. The molecule has 0 aliphatic heterocycles. The molecule has 29 heavy (non-hydrogen) atoms. The molecule has 5 aromatic rings. The molecule has 0 unspecified atom stereocenters. The number of nitrogens with zero attached hydrogens (tertiary/aromatic N) is 4. The fraction of sp³-hybridized carbons (Fsp3) is 0.0952. The van der Waals surface area contributed by atoms with E-state index in [2.05, 4.69) is 35.5 Å². The molecule has 3 N–H and O–H groups in total. The minimum atomic E-state index is -0.302.